The van der Waals surface area contributed by atoms with Crippen LogP contribution in [0.15, 0.2) is 47.4 Å². The van der Waals surface area contributed by atoms with Gasteiger partial charge in [0.2, 0.25) is 0 Å². The fraction of sp³-hybridized carbons (Fsp3) is 0.200. The van der Waals surface area contributed by atoms with Gasteiger partial charge in [-0.3, -0.25) is 0 Å². The number of nitrogens with one attached hydrogen (secondary N) is 1. The number of para-hydroxylation sites is 1. The van der Waals surface area contributed by atoms with Gasteiger partial charge < -0.3 is 10.4 Å². The van der Waals surface area contributed by atoms with Gasteiger partial charge in [0.05, 0.1) is 4.90 Å². The summed E-state index contributed by atoms with van der Waals surface area (Å²) in [5.74, 6) is -0.996. The van der Waals surface area contributed by atoms with Crippen molar-refractivity contribution < 1.29 is 17.9 Å². The average molecular weight is 309 g/mol. The largest absolute Gasteiger partial charge is 0.505 e. The highest BCUT2D eigenvalue weighted by Crippen LogP contribution is 2.20. The molecule has 21 heavy (non-hydrogen) atoms. The Morgan fingerprint density at radius 1 is 1.10 bits per heavy atom. The van der Waals surface area contributed by atoms with Crippen LogP contribution in [0.1, 0.15) is 11.1 Å². The van der Waals surface area contributed by atoms with E-state index in [1.54, 1.807) is 30.3 Å². The maximum atomic E-state index is 13.2. The second kappa shape index (κ2) is 6.24. The number of hydrogen-bond acceptors (Lipinski definition) is 4. The average Bonchev–Trinajstić information content (AvgIpc) is 2.43. The van der Waals surface area contributed by atoms with Crippen LogP contribution in [0.25, 0.3) is 0 Å². The lowest BCUT2D eigenvalue weighted by Gasteiger charge is -2.08. The fourth-order valence-corrected chi connectivity index (χ4v) is 2.53. The van der Waals surface area contributed by atoms with Gasteiger partial charge >= 0.3 is 0 Å². The Morgan fingerprint density at radius 3 is 2.38 bits per heavy atom. The Morgan fingerprint density at radius 2 is 1.76 bits per heavy atom. The van der Waals surface area contributed by atoms with E-state index in [1.807, 2.05) is 0 Å². The molecule has 2 rings (SSSR count). The van der Waals surface area contributed by atoms with Crippen LogP contribution in [0.3, 0.4) is 0 Å². The molecule has 0 spiro atoms. The smallest absolute Gasteiger partial charge is 0.175 e. The molecule has 2 N–H and O–H groups in total. The lowest BCUT2D eigenvalue weighted by atomic mass is 10.2. The van der Waals surface area contributed by atoms with Gasteiger partial charge in [-0.25, -0.2) is 12.8 Å². The fourth-order valence-electron chi connectivity index (χ4n) is 1.90. The number of halogens is 1. The summed E-state index contributed by atoms with van der Waals surface area (Å²) in [7, 11) is -3.19. The van der Waals surface area contributed by atoms with Crippen LogP contribution in [0.4, 0.5) is 4.39 Å². The van der Waals surface area contributed by atoms with E-state index in [1.165, 1.54) is 12.1 Å². The number of sulfone groups is 1. The first-order valence-corrected chi connectivity index (χ1v) is 8.23. The predicted molar refractivity (Wildman–Crippen MR) is 78.2 cm³/mol. The third kappa shape index (κ3) is 4.03. The summed E-state index contributed by atoms with van der Waals surface area (Å²) >= 11 is 0. The molecule has 0 unspecified atom stereocenters. The van der Waals surface area contributed by atoms with Crippen molar-refractivity contribution in [2.75, 3.05) is 6.26 Å². The topological polar surface area (TPSA) is 66.4 Å². The van der Waals surface area contributed by atoms with Crippen molar-refractivity contribution in [2.24, 2.45) is 0 Å². The Bertz CT molecular complexity index is 727. The van der Waals surface area contributed by atoms with Gasteiger partial charge in [-0.1, -0.05) is 24.3 Å². The number of rotatable bonds is 5. The lowest BCUT2D eigenvalue weighted by Crippen LogP contribution is -2.13. The zero-order valence-corrected chi connectivity index (χ0v) is 12.3. The standard InChI is InChI=1S/C15H16FNO3S/c1-21(19,20)13-7-5-11(6-8-13)9-17-10-12-3-2-4-14(16)15(12)18/h2-8,17-18H,9-10H2,1H3. The van der Waals surface area contributed by atoms with Crippen LogP contribution in [0, 0.1) is 5.82 Å². The number of aromatic hydroxyl groups is 1. The van der Waals surface area contributed by atoms with E-state index in [0.717, 1.165) is 11.8 Å². The number of benzene rings is 2. The Labute approximate surface area is 123 Å². The summed E-state index contributed by atoms with van der Waals surface area (Å²) in [5, 5.41) is 12.6. The molecule has 0 aliphatic heterocycles. The minimum Gasteiger partial charge on any atom is -0.505 e. The molecule has 4 nitrogen and oxygen atoms in total. The number of hydrogen-bond donors (Lipinski definition) is 2. The zero-order valence-electron chi connectivity index (χ0n) is 11.5. The van der Waals surface area contributed by atoms with E-state index in [4.69, 9.17) is 0 Å². The summed E-state index contributed by atoms with van der Waals surface area (Å²) in [6.07, 6.45) is 1.16. The number of phenols is 1. The third-order valence-corrected chi connectivity index (χ3v) is 4.19. The van der Waals surface area contributed by atoms with Crippen LogP contribution in [-0.4, -0.2) is 19.8 Å². The van der Waals surface area contributed by atoms with Gasteiger partial charge in [0.1, 0.15) is 0 Å². The molecule has 0 amide bonds. The highest BCUT2D eigenvalue weighted by Gasteiger charge is 2.07. The van der Waals surface area contributed by atoms with Crippen molar-refractivity contribution in [1.29, 1.82) is 0 Å². The molecule has 0 fully saturated rings. The maximum Gasteiger partial charge on any atom is 0.175 e. The van der Waals surface area contributed by atoms with Gasteiger partial charge in [-0.2, -0.15) is 0 Å². The maximum absolute atomic E-state index is 13.2. The predicted octanol–water partition coefficient (Wildman–Crippen LogP) is 2.22. The molecule has 0 aromatic heterocycles. The van der Waals surface area contributed by atoms with Crippen molar-refractivity contribution in [2.45, 2.75) is 18.0 Å². The van der Waals surface area contributed by atoms with Gasteiger partial charge in [-0.05, 0) is 23.8 Å². The zero-order chi connectivity index (χ0) is 15.5. The molecule has 112 valence electrons. The van der Waals surface area contributed by atoms with Crippen molar-refractivity contribution in [3.05, 3.63) is 59.4 Å². The molecule has 0 saturated heterocycles. The van der Waals surface area contributed by atoms with E-state index in [9.17, 15) is 17.9 Å². The molecule has 0 bridgehead atoms. The van der Waals surface area contributed by atoms with Crippen molar-refractivity contribution in [3.63, 3.8) is 0 Å². The quantitative estimate of drug-likeness (QED) is 0.889. The van der Waals surface area contributed by atoms with E-state index < -0.39 is 15.7 Å². The molecule has 6 heteroatoms. The molecule has 0 radical (unpaired) electrons. The van der Waals surface area contributed by atoms with E-state index in [0.29, 0.717) is 18.7 Å². The molecular weight excluding hydrogens is 293 g/mol. The molecule has 0 heterocycles. The molecule has 0 atom stereocenters. The van der Waals surface area contributed by atoms with Gasteiger partial charge in [0.25, 0.3) is 0 Å². The van der Waals surface area contributed by atoms with Crippen LogP contribution in [-0.2, 0) is 22.9 Å². The van der Waals surface area contributed by atoms with Crippen LogP contribution in [0.2, 0.25) is 0 Å². The second-order valence-corrected chi connectivity index (χ2v) is 6.78. The first kappa shape index (κ1) is 15.5. The Kier molecular flexibility index (Phi) is 4.59. The summed E-state index contributed by atoms with van der Waals surface area (Å²) < 4.78 is 35.8. The van der Waals surface area contributed by atoms with E-state index >= 15 is 0 Å². The molecule has 0 aliphatic rings. The minimum atomic E-state index is -3.19. The van der Waals surface area contributed by atoms with Crippen molar-refractivity contribution in [1.82, 2.24) is 5.32 Å². The Hall–Kier alpha value is -1.92. The second-order valence-electron chi connectivity index (χ2n) is 4.77. The van der Waals surface area contributed by atoms with Gasteiger partial charge in [-0.15, -0.1) is 0 Å². The molecular formula is C15H16FNO3S. The molecule has 0 saturated carbocycles. The SMILES string of the molecule is CS(=O)(=O)c1ccc(CNCc2cccc(F)c2O)cc1. The first-order valence-electron chi connectivity index (χ1n) is 6.34. The van der Waals surface area contributed by atoms with Crippen LogP contribution < -0.4 is 5.32 Å². The normalized spacial score (nSPS) is 11.5. The first-order chi connectivity index (χ1) is 9.88. The summed E-state index contributed by atoms with van der Waals surface area (Å²) in [5.41, 5.74) is 1.38. The van der Waals surface area contributed by atoms with Gasteiger partial charge in [0.15, 0.2) is 21.4 Å². The Balaban J connectivity index is 1.96. The highest BCUT2D eigenvalue weighted by molar-refractivity contribution is 7.90. The minimum absolute atomic E-state index is 0.272. The van der Waals surface area contributed by atoms with E-state index in [-0.39, 0.29) is 10.6 Å². The van der Waals surface area contributed by atoms with Gasteiger partial charge in [0, 0.05) is 24.9 Å². The summed E-state index contributed by atoms with van der Waals surface area (Å²) in [6, 6.07) is 10.9. The van der Waals surface area contributed by atoms with Crippen LogP contribution in [0.5, 0.6) is 5.75 Å². The number of phenolic OH excluding ortho intramolecular Hbond substituents is 1. The molecule has 0 aliphatic carbocycles. The monoisotopic (exact) mass is 309 g/mol. The molecule has 2 aromatic rings. The van der Waals surface area contributed by atoms with Crippen LogP contribution >= 0.6 is 0 Å². The summed E-state index contributed by atoms with van der Waals surface area (Å²) in [6.45, 7) is 0.803. The highest BCUT2D eigenvalue weighted by atomic mass is 32.2. The third-order valence-electron chi connectivity index (χ3n) is 3.07. The van der Waals surface area contributed by atoms with Crippen molar-refractivity contribution >= 4 is 9.84 Å². The lowest BCUT2D eigenvalue weighted by molar-refractivity contribution is 0.423. The summed E-state index contributed by atoms with van der Waals surface area (Å²) in [4.78, 5) is 0.272. The molecule has 2 aromatic carbocycles. The van der Waals surface area contributed by atoms with E-state index in [2.05, 4.69) is 5.32 Å². The van der Waals surface area contributed by atoms with Crippen molar-refractivity contribution in [3.8, 4) is 5.75 Å².